The van der Waals surface area contributed by atoms with E-state index in [-0.39, 0.29) is 0 Å². The topological polar surface area (TPSA) is 50.3 Å². The largest absolute Gasteiger partial charge is 0.494 e. The number of hydrogen-bond acceptors (Lipinski definition) is 5. The molecule has 0 aliphatic heterocycles. The van der Waals surface area contributed by atoms with Crippen molar-refractivity contribution in [2.75, 3.05) is 25.6 Å². The maximum atomic E-state index is 5.61. The standard InChI is InChI=1S/C16H22N4O/c1-4-21-15-8-6-5-7-14(15)12-17-9-13-10-18-16(19-11-13)20(2)3/h5-8,10-11,17H,4,9,12H2,1-3H3. The quantitative estimate of drug-likeness (QED) is 0.846. The zero-order valence-electron chi connectivity index (χ0n) is 12.8. The summed E-state index contributed by atoms with van der Waals surface area (Å²) in [6.07, 6.45) is 3.70. The average molecular weight is 286 g/mol. The fraction of sp³-hybridized carbons (Fsp3) is 0.375. The number of para-hydroxylation sites is 1. The molecule has 0 radical (unpaired) electrons. The van der Waals surface area contributed by atoms with Crippen LogP contribution in [0.2, 0.25) is 0 Å². The van der Waals surface area contributed by atoms with E-state index in [1.165, 1.54) is 0 Å². The van der Waals surface area contributed by atoms with Crippen LogP contribution in [-0.4, -0.2) is 30.7 Å². The second-order valence-electron chi connectivity index (χ2n) is 4.93. The van der Waals surface area contributed by atoms with Crippen LogP contribution < -0.4 is 15.0 Å². The lowest BCUT2D eigenvalue weighted by Gasteiger charge is -2.12. The van der Waals surface area contributed by atoms with E-state index in [0.29, 0.717) is 6.61 Å². The van der Waals surface area contributed by atoms with Gasteiger partial charge < -0.3 is 15.0 Å². The van der Waals surface area contributed by atoms with Crippen LogP contribution in [0.3, 0.4) is 0 Å². The molecule has 1 heterocycles. The first-order chi connectivity index (χ1) is 10.2. The van der Waals surface area contributed by atoms with Crippen molar-refractivity contribution in [1.82, 2.24) is 15.3 Å². The molecule has 0 saturated carbocycles. The summed E-state index contributed by atoms with van der Waals surface area (Å²) < 4.78 is 5.61. The molecule has 0 atom stereocenters. The van der Waals surface area contributed by atoms with Gasteiger partial charge in [0.1, 0.15) is 5.75 Å². The van der Waals surface area contributed by atoms with Gasteiger partial charge in [0.15, 0.2) is 0 Å². The van der Waals surface area contributed by atoms with E-state index in [1.807, 2.05) is 56.5 Å². The molecule has 1 aromatic heterocycles. The zero-order valence-corrected chi connectivity index (χ0v) is 12.8. The number of nitrogens with one attached hydrogen (secondary N) is 1. The Morgan fingerprint density at radius 3 is 2.48 bits per heavy atom. The van der Waals surface area contributed by atoms with E-state index in [0.717, 1.165) is 35.9 Å². The lowest BCUT2D eigenvalue weighted by Crippen LogP contribution is -2.16. The number of anilines is 1. The fourth-order valence-corrected chi connectivity index (χ4v) is 1.96. The van der Waals surface area contributed by atoms with Gasteiger partial charge in [0, 0.05) is 50.7 Å². The van der Waals surface area contributed by atoms with Crippen LogP contribution in [0, 0.1) is 0 Å². The molecule has 21 heavy (non-hydrogen) atoms. The van der Waals surface area contributed by atoms with Gasteiger partial charge in [-0.1, -0.05) is 18.2 Å². The molecule has 0 saturated heterocycles. The van der Waals surface area contributed by atoms with Gasteiger partial charge in [0.25, 0.3) is 0 Å². The van der Waals surface area contributed by atoms with Crippen molar-refractivity contribution >= 4 is 5.95 Å². The molecule has 112 valence electrons. The summed E-state index contributed by atoms with van der Waals surface area (Å²) in [5, 5.41) is 3.39. The third-order valence-corrected chi connectivity index (χ3v) is 3.01. The lowest BCUT2D eigenvalue weighted by molar-refractivity contribution is 0.335. The summed E-state index contributed by atoms with van der Waals surface area (Å²) in [4.78, 5) is 10.5. The molecule has 0 fully saturated rings. The summed E-state index contributed by atoms with van der Waals surface area (Å²) in [6, 6.07) is 8.08. The van der Waals surface area contributed by atoms with E-state index in [4.69, 9.17) is 4.74 Å². The van der Waals surface area contributed by atoms with Gasteiger partial charge in [0.05, 0.1) is 6.61 Å². The van der Waals surface area contributed by atoms with Gasteiger partial charge in [-0.05, 0) is 13.0 Å². The van der Waals surface area contributed by atoms with E-state index < -0.39 is 0 Å². The SMILES string of the molecule is CCOc1ccccc1CNCc1cnc(N(C)C)nc1. The van der Waals surface area contributed by atoms with Gasteiger partial charge >= 0.3 is 0 Å². The maximum Gasteiger partial charge on any atom is 0.224 e. The summed E-state index contributed by atoms with van der Waals surface area (Å²) in [5.74, 6) is 1.66. The van der Waals surface area contributed by atoms with Crippen molar-refractivity contribution in [3.8, 4) is 5.75 Å². The van der Waals surface area contributed by atoms with Crippen molar-refractivity contribution in [3.05, 3.63) is 47.8 Å². The van der Waals surface area contributed by atoms with Crippen molar-refractivity contribution in [3.63, 3.8) is 0 Å². The van der Waals surface area contributed by atoms with Crippen molar-refractivity contribution in [1.29, 1.82) is 0 Å². The molecule has 5 heteroatoms. The highest BCUT2D eigenvalue weighted by Crippen LogP contribution is 2.17. The highest BCUT2D eigenvalue weighted by molar-refractivity contribution is 5.33. The molecule has 2 aromatic rings. The predicted octanol–water partition coefficient (Wildman–Crippen LogP) is 2.23. The molecule has 0 aliphatic carbocycles. The van der Waals surface area contributed by atoms with Gasteiger partial charge in [-0.15, -0.1) is 0 Å². The van der Waals surface area contributed by atoms with E-state index in [9.17, 15) is 0 Å². The smallest absolute Gasteiger partial charge is 0.224 e. The summed E-state index contributed by atoms with van der Waals surface area (Å²) in [6.45, 7) is 4.16. The highest BCUT2D eigenvalue weighted by Gasteiger charge is 2.03. The summed E-state index contributed by atoms with van der Waals surface area (Å²) in [5.41, 5.74) is 2.22. The predicted molar refractivity (Wildman–Crippen MR) is 84.5 cm³/mol. The van der Waals surface area contributed by atoms with Crippen LogP contribution >= 0.6 is 0 Å². The Morgan fingerprint density at radius 1 is 1.10 bits per heavy atom. The number of benzene rings is 1. The number of nitrogens with zero attached hydrogens (tertiary/aromatic N) is 3. The minimum absolute atomic E-state index is 0.677. The van der Waals surface area contributed by atoms with Crippen LogP contribution in [0.15, 0.2) is 36.7 Å². The van der Waals surface area contributed by atoms with E-state index in [1.54, 1.807) is 0 Å². The van der Waals surface area contributed by atoms with Gasteiger partial charge in [-0.2, -0.15) is 0 Å². The summed E-state index contributed by atoms with van der Waals surface area (Å²) >= 11 is 0. The first-order valence-electron chi connectivity index (χ1n) is 7.10. The summed E-state index contributed by atoms with van der Waals surface area (Å²) in [7, 11) is 3.86. The Bertz CT molecular complexity index is 554. The van der Waals surface area contributed by atoms with Crippen LogP contribution in [0.25, 0.3) is 0 Å². The molecule has 0 spiro atoms. The van der Waals surface area contributed by atoms with Crippen LogP contribution in [0.4, 0.5) is 5.95 Å². The monoisotopic (exact) mass is 286 g/mol. The molecule has 5 nitrogen and oxygen atoms in total. The number of rotatable bonds is 7. The Balaban J connectivity index is 1.89. The molecule has 0 aliphatic rings. The minimum Gasteiger partial charge on any atom is -0.494 e. The van der Waals surface area contributed by atoms with Gasteiger partial charge in [-0.25, -0.2) is 9.97 Å². The number of hydrogen-bond donors (Lipinski definition) is 1. The molecule has 0 bridgehead atoms. The molecule has 1 N–H and O–H groups in total. The second-order valence-corrected chi connectivity index (χ2v) is 4.93. The highest BCUT2D eigenvalue weighted by atomic mass is 16.5. The number of aromatic nitrogens is 2. The molecule has 1 aromatic carbocycles. The zero-order chi connectivity index (χ0) is 15.1. The molecule has 2 rings (SSSR count). The average Bonchev–Trinajstić information content (AvgIpc) is 2.50. The normalized spacial score (nSPS) is 10.4. The maximum absolute atomic E-state index is 5.61. The second kappa shape index (κ2) is 7.59. The van der Waals surface area contributed by atoms with Crippen LogP contribution in [-0.2, 0) is 13.1 Å². The molecular formula is C16H22N4O. The van der Waals surface area contributed by atoms with Crippen molar-refractivity contribution in [2.24, 2.45) is 0 Å². The fourth-order valence-electron chi connectivity index (χ4n) is 1.96. The van der Waals surface area contributed by atoms with Crippen molar-refractivity contribution < 1.29 is 4.74 Å². The Morgan fingerprint density at radius 2 is 1.81 bits per heavy atom. The van der Waals surface area contributed by atoms with Crippen LogP contribution in [0.1, 0.15) is 18.1 Å². The Hall–Kier alpha value is -2.14. The van der Waals surface area contributed by atoms with E-state index >= 15 is 0 Å². The lowest BCUT2D eigenvalue weighted by atomic mass is 10.2. The molecule has 0 unspecified atom stereocenters. The minimum atomic E-state index is 0.677. The third-order valence-electron chi connectivity index (χ3n) is 3.01. The first-order valence-corrected chi connectivity index (χ1v) is 7.10. The van der Waals surface area contributed by atoms with Gasteiger partial charge in [-0.3, -0.25) is 0 Å². The Labute approximate surface area is 126 Å². The van der Waals surface area contributed by atoms with Crippen LogP contribution in [0.5, 0.6) is 5.75 Å². The van der Waals surface area contributed by atoms with Crippen molar-refractivity contribution in [2.45, 2.75) is 20.0 Å². The van der Waals surface area contributed by atoms with E-state index in [2.05, 4.69) is 21.4 Å². The third kappa shape index (κ3) is 4.43. The molecule has 0 amide bonds. The van der Waals surface area contributed by atoms with Gasteiger partial charge in [0.2, 0.25) is 5.95 Å². The first kappa shape index (κ1) is 15.3. The Kier molecular flexibility index (Phi) is 5.51. The number of ether oxygens (including phenoxy) is 1. The molecular weight excluding hydrogens is 264 g/mol.